The first-order chi connectivity index (χ1) is 7.97. The van der Waals surface area contributed by atoms with Crippen LogP contribution in [0.1, 0.15) is 37.8 Å². The number of nitrogens with two attached hydrogens (primary N) is 1. The molecule has 5 heteroatoms. The minimum Gasteiger partial charge on any atom is -0.507 e. The molecule has 96 valence electrons. The number of unbranched alkanes of at least 4 members (excludes halogenated alkanes) is 1. The molecular formula is C12H17Cl2NO2. The Morgan fingerprint density at radius 3 is 2.53 bits per heavy atom. The number of benzene rings is 1. The van der Waals surface area contributed by atoms with E-state index < -0.39 is 12.1 Å². The van der Waals surface area contributed by atoms with E-state index in [1.54, 1.807) is 0 Å². The molecule has 0 saturated carbocycles. The smallest absolute Gasteiger partial charge is 0.123 e. The second-order valence-electron chi connectivity index (χ2n) is 4.06. The Hall–Kier alpha value is -0.480. The number of aliphatic hydroxyl groups is 1. The number of aliphatic hydroxyl groups excluding tert-OH is 1. The molecule has 0 saturated heterocycles. The van der Waals surface area contributed by atoms with E-state index in [2.05, 4.69) is 0 Å². The van der Waals surface area contributed by atoms with E-state index in [4.69, 9.17) is 28.9 Å². The summed E-state index contributed by atoms with van der Waals surface area (Å²) in [5.74, 6) is -0.0782. The Bertz CT molecular complexity index is 362. The van der Waals surface area contributed by atoms with Gasteiger partial charge in [-0.25, -0.2) is 0 Å². The number of halogens is 2. The summed E-state index contributed by atoms with van der Waals surface area (Å²) in [5.41, 5.74) is 6.24. The van der Waals surface area contributed by atoms with Crippen LogP contribution >= 0.6 is 23.2 Å². The molecule has 0 spiro atoms. The molecule has 0 aromatic heterocycles. The maximum atomic E-state index is 9.89. The topological polar surface area (TPSA) is 66.5 Å². The molecule has 4 N–H and O–H groups in total. The summed E-state index contributed by atoms with van der Waals surface area (Å²) < 4.78 is 0. The first-order valence-electron chi connectivity index (χ1n) is 5.59. The molecule has 0 radical (unpaired) electrons. The van der Waals surface area contributed by atoms with Crippen LogP contribution in [0.2, 0.25) is 10.0 Å². The zero-order chi connectivity index (χ0) is 13.0. The number of rotatable bonds is 5. The first-order valence-corrected chi connectivity index (χ1v) is 6.34. The van der Waals surface area contributed by atoms with Crippen molar-refractivity contribution in [2.75, 3.05) is 0 Å². The fourth-order valence-corrected chi connectivity index (χ4v) is 2.30. The van der Waals surface area contributed by atoms with Crippen molar-refractivity contribution in [1.29, 1.82) is 0 Å². The van der Waals surface area contributed by atoms with E-state index in [9.17, 15) is 10.2 Å². The average Bonchev–Trinajstić information content (AvgIpc) is 2.24. The Morgan fingerprint density at radius 2 is 2.00 bits per heavy atom. The summed E-state index contributed by atoms with van der Waals surface area (Å²) >= 11 is 11.7. The van der Waals surface area contributed by atoms with Crippen LogP contribution in [0.15, 0.2) is 12.1 Å². The summed E-state index contributed by atoms with van der Waals surface area (Å²) in [6.45, 7) is 2.03. The molecule has 0 aliphatic rings. The third kappa shape index (κ3) is 3.75. The molecule has 3 nitrogen and oxygen atoms in total. The van der Waals surface area contributed by atoms with Gasteiger partial charge >= 0.3 is 0 Å². The maximum Gasteiger partial charge on any atom is 0.123 e. The predicted molar refractivity (Wildman–Crippen MR) is 70.6 cm³/mol. The second kappa shape index (κ2) is 6.45. The minimum absolute atomic E-state index is 0.0782. The van der Waals surface area contributed by atoms with Gasteiger partial charge in [-0.3, -0.25) is 0 Å². The summed E-state index contributed by atoms with van der Waals surface area (Å²) in [7, 11) is 0. The highest BCUT2D eigenvalue weighted by Gasteiger charge is 2.22. The highest BCUT2D eigenvalue weighted by atomic mass is 35.5. The predicted octanol–water partition coefficient (Wildman–Crippen LogP) is 3.25. The summed E-state index contributed by atoms with van der Waals surface area (Å²) in [4.78, 5) is 0. The number of hydrogen-bond donors (Lipinski definition) is 3. The van der Waals surface area contributed by atoms with Crippen molar-refractivity contribution in [3.8, 4) is 5.75 Å². The van der Waals surface area contributed by atoms with E-state index in [0.29, 0.717) is 17.0 Å². The van der Waals surface area contributed by atoms with Crippen LogP contribution in [0.4, 0.5) is 0 Å². The van der Waals surface area contributed by atoms with Crippen LogP contribution in [0, 0.1) is 0 Å². The molecule has 17 heavy (non-hydrogen) atoms. The van der Waals surface area contributed by atoms with Crippen LogP contribution in [-0.4, -0.2) is 16.3 Å². The van der Waals surface area contributed by atoms with Crippen LogP contribution in [0.25, 0.3) is 0 Å². The highest BCUT2D eigenvalue weighted by Crippen LogP contribution is 2.35. The summed E-state index contributed by atoms with van der Waals surface area (Å²) in [6.07, 6.45) is 1.71. The van der Waals surface area contributed by atoms with Crippen LogP contribution in [0.5, 0.6) is 5.75 Å². The lowest BCUT2D eigenvalue weighted by Gasteiger charge is -2.21. The van der Waals surface area contributed by atoms with Crippen molar-refractivity contribution in [3.05, 3.63) is 27.7 Å². The minimum atomic E-state index is -0.723. The maximum absolute atomic E-state index is 9.89. The molecule has 0 unspecified atom stereocenters. The van der Waals surface area contributed by atoms with Gasteiger partial charge in [0.05, 0.1) is 17.2 Å². The molecule has 0 aliphatic heterocycles. The zero-order valence-corrected chi connectivity index (χ0v) is 11.2. The van der Waals surface area contributed by atoms with Crippen LogP contribution in [0.3, 0.4) is 0 Å². The number of phenolic OH excluding ortho intramolecular Hbond substituents is 1. The lowest BCUT2D eigenvalue weighted by Crippen LogP contribution is -2.26. The highest BCUT2D eigenvalue weighted by molar-refractivity contribution is 6.35. The van der Waals surface area contributed by atoms with E-state index in [0.717, 1.165) is 12.8 Å². The molecule has 0 amide bonds. The Balaban J connectivity index is 2.91. The van der Waals surface area contributed by atoms with Crippen molar-refractivity contribution in [3.63, 3.8) is 0 Å². The molecule has 1 aromatic rings. The van der Waals surface area contributed by atoms with E-state index in [1.807, 2.05) is 6.92 Å². The third-order valence-corrected chi connectivity index (χ3v) is 3.20. The lowest BCUT2D eigenvalue weighted by molar-refractivity contribution is 0.131. The Kier molecular flexibility index (Phi) is 5.53. The van der Waals surface area contributed by atoms with Crippen LogP contribution < -0.4 is 5.73 Å². The van der Waals surface area contributed by atoms with Gasteiger partial charge in [-0.2, -0.15) is 0 Å². The van der Waals surface area contributed by atoms with Gasteiger partial charge in [0, 0.05) is 10.6 Å². The Labute approximate surface area is 111 Å². The van der Waals surface area contributed by atoms with Crippen molar-refractivity contribution >= 4 is 23.2 Å². The van der Waals surface area contributed by atoms with Crippen molar-refractivity contribution in [2.45, 2.75) is 38.3 Å². The first kappa shape index (κ1) is 14.6. The molecule has 0 heterocycles. The van der Waals surface area contributed by atoms with E-state index in [1.165, 1.54) is 12.1 Å². The van der Waals surface area contributed by atoms with E-state index in [-0.39, 0.29) is 10.8 Å². The van der Waals surface area contributed by atoms with Gasteiger partial charge in [-0.1, -0.05) is 43.0 Å². The second-order valence-corrected chi connectivity index (χ2v) is 4.90. The SMILES string of the molecule is CCCC[C@H](O)[C@H](N)c1c(O)cc(Cl)cc1Cl. The van der Waals surface area contributed by atoms with Gasteiger partial charge in [-0.15, -0.1) is 0 Å². The number of hydrogen-bond acceptors (Lipinski definition) is 3. The molecule has 2 atom stereocenters. The van der Waals surface area contributed by atoms with Gasteiger partial charge in [0.1, 0.15) is 5.75 Å². The lowest BCUT2D eigenvalue weighted by atomic mass is 9.97. The van der Waals surface area contributed by atoms with Gasteiger partial charge < -0.3 is 15.9 Å². The molecule has 0 fully saturated rings. The number of aromatic hydroxyl groups is 1. The van der Waals surface area contributed by atoms with Crippen molar-refractivity contribution in [2.24, 2.45) is 5.73 Å². The summed E-state index contributed by atoms with van der Waals surface area (Å²) in [6, 6.07) is 2.17. The standard InChI is InChI=1S/C12H17Cl2NO2/c1-2-3-4-9(16)12(15)11-8(14)5-7(13)6-10(11)17/h5-6,9,12,16-17H,2-4,15H2,1H3/t9-,12-/m0/s1. The van der Waals surface area contributed by atoms with Gasteiger partial charge in [-0.05, 0) is 18.6 Å². The average molecular weight is 278 g/mol. The number of phenols is 1. The van der Waals surface area contributed by atoms with Gasteiger partial charge in [0.25, 0.3) is 0 Å². The molecule has 0 bridgehead atoms. The van der Waals surface area contributed by atoms with Crippen molar-refractivity contribution < 1.29 is 10.2 Å². The quantitative estimate of drug-likeness (QED) is 0.774. The van der Waals surface area contributed by atoms with E-state index >= 15 is 0 Å². The normalized spacial score (nSPS) is 14.6. The fraction of sp³-hybridized carbons (Fsp3) is 0.500. The van der Waals surface area contributed by atoms with Crippen molar-refractivity contribution in [1.82, 2.24) is 0 Å². The molecular weight excluding hydrogens is 261 g/mol. The zero-order valence-electron chi connectivity index (χ0n) is 9.66. The molecule has 1 aromatic carbocycles. The third-order valence-electron chi connectivity index (χ3n) is 2.67. The molecule has 0 aliphatic carbocycles. The molecule has 1 rings (SSSR count). The summed E-state index contributed by atoms with van der Waals surface area (Å²) in [5, 5.41) is 20.3. The fourth-order valence-electron chi connectivity index (χ4n) is 1.69. The van der Waals surface area contributed by atoms with Gasteiger partial charge in [0.2, 0.25) is 0 Å². The largest absolute Gasteiger partial charge is 0.507 e. The van der Waals surface area contributed by atoms with Crippen LogP contribution in [-0.2, 0) is 0 Å². The Morgan fingerprint density at radius 1 is 1.35 bits per heavy atom. The van der Waals surface area contributed by atoms with Gasteiger partial charge in [0.15, 0.2) is 0 Å². The monoisotopic (exact) mass is 277 g/mol.